The molecule has 0 bridgehead atoms. The molecule has 1 aliphatic carbocycles. The normalized spacial score (nSPS) is 17.3. The summed E-state index contributed by atoms with van der Waals surface area (Å²) in [7, 11) is 0. The maximum atomic E-state index is 13.7. The van der Waals surface area contributed by atoms with Crippen molar-refractivity contribution in [3.63, 3.8) is 0 Å². The van der Waals surface area contributed by atoms with E-state index in [0.717, 1.165) is 44.9 Å². The van der Waals surface area contributed by atoms with Crippen molar-refractivity contribution in [2.75, 3.05) is 4.90 Å². The average molecular weight is 657 g/mol. The monoisotopic (exact) mass is 655 g/mol. The second-order valence-electron chi connectivity index (χ2n) is 10.3. The predicted octanol–water partition coefficient (Wildman–Crippen LogP) is 8.62. The number of hydrogen-bond acceptors (Lipinski definition) is 5. The topological polar surface area (TPSA) is 79.3 Å². The number of nitriles is 1. The summed E-state index contributed by atoms with van der Waals surface area (Å²) in [6.45, 7) is 4.06. The summed E-state index contributed by atoms with van der Waals surface area (Å²) >= 11 is 9.92. The van der Waals surface area contributed by atoms with E-state index in [1.807, 2.05) is 50.2 Å². The van der Waals surface area contributed by atoms with Crippen molar-refractivity contribution in [3.05, 3.63) is 115 Å². The predicted molar refractivity (Wildman–Crippen MR) is 159 cm³/mol. The summed E-state index contributed by atoms with van der Waals surface area (Å²) in [5.41, 5.74) is 9.87. The molecule has 1 heterocycles. The van der Waals surface area contributed by atoms with Crippen LogP contribution < -0.4 is 15.4 Å². The molecule has 0 aromatic heterocycles. The fourth-order valence-corrected chi connectivity index (χ4v) is 6.26. The third kappa shape index (κ3) is 5.41. The van der Waals surface area contributed by atoms with Crippen LogP contribution in [0.3, 0.4) is 0 Å². The molecule has 1 unspecified atom stereocenters. The number of aryl methyl sites for hydroxylation is 1. The number of carbonyl (C=O) groups is 1. The van der Waals surface area contributed by atoms with E-state index in [2.05, 4.69) is 22.0 Å². The molecule has 0 saturated carbocycles. The molecule has 10 heteroatoms. The summed E-state index contributed by atoms with van der Waals surface area (Å²) in [4.78, 5) is 15.0. The summed E-state index contributed by atoms with van der Waals surface area (Å²) in [5, 5.41) is 10.4. The number of anilines is 1. The van der Waals surface area contributed by atoms with Crippen molar-refractivity contribution >= 4 is 39.0 Å². The zero-order valence-corrected chi connectivity index (χ0v) is 25.1. The van der Waals surface area contributed by atoms with Gasteiger partial charge < -0.3 is 10.5 Å². The lowest BCUT2D eigenvalue weighted by Crippen LogP contribution is -2.39. The number of ether oxygens (including phenoxy) is 1. The van der Waals surface area contributed by atoms with Gasteiger partial charge >= 0.3 is 6.18 Å². The van der Waals surface area contributed by atoms with Crippen LogP contribution in [0, 0.1) is 25.2 Å². The number of benzene rings is 3. The molecule has 5 rings (SSSR count). The number of halogens is 5. The van der Waals surface area contributed by atoms with Gasteiger partial charge in [0.1, 0.15) is 18.2 Å². The number of rotatable bonds is 5. The molecule has 0 saturated heterocycles. The molecule has 0 fully saturated rings. The first-order chi connectivity index (χ1) is 19.9. The van der Waals surface area contributed by atoms with Gasteiger partial charge in [0.25, 0.3) is 0 Å². The van der Waals surface area contributed by atoms with Crippen LogP contribution in [0.2, 0.25) is 5.02 Å². The Kier molecular flexibility index (Phi) is 8.15. The lowest BCUT2D eigenvalue weighted by atomic mass is 9.73. The summed E-state index contributed by atoms with van der Waals surface area (Å²) in [6, 6.07) is 16.5. The molecule has 216 valence electrons. The highest BCUT2D eigenvalue weighted by atomic mass is 79.9. The van der Waals surface area contributed by atoms with E-state index in [0.29, 0.717) is 29.9 Å². The van der Waals surface area contributed by atoms with Gasteiger partial charge in [-0.25, -0.2) is 0 Å². The Morgan fingerprint density at radius 1 is 1.14 bits per heavy atom. The Morgan fingerprint density at radius 2 is 1.88 bits per heavy atom. The molecule has 0 radical (unpaired) electrons. The van der Waals surface area contributed by atoms with Gasteiger partial charge in [0.2, 0.25) is 0 Å². The second kappa shape index (κ2) is 11.5. The lowest BCUT2D eigenvalue weighted by molar-refractivity contribution is -0.137. The minimum atomic E-state index is -4.62. The van der Waals surface area contributed by atoms with Crippen molar-refractivity contribution in [2.24, 2.45) is 5.73 Å². The highest BCUT2D eigenvalue weighted by molar-refractivity contribution is 9.10. The Bertz CT molecular complexity index is 1710. The number of alkyl halides is 3. The molecule has 0 spiro atoms. The molecule has 1 atom stereocenters. The van der Waals surface area contributed by atoms with Crippen LogP contribution in [0.15, 0.2) is 81.7 Å². The first kappa shape index (κ1) is 29.7. The number of ketones is 1. The summed E-state index contributed by atoms with van der Waals surface area (Å²) < 4.78 is 47.9. The van der Waals surface area contributed by atoms with Crippen molar-refractivity contribution in [1.29, 1.82) is 5.26 Å². The Hall–Kier alpha value is -3.74. The van der Waals surface area contributed by atoms with Gasteiger partial charge in [0.15, 0.2) is 5.78 Å². The Balaban J connectivity index is 1.67. The van der Waals surface area contributed by atoms with E-state index >= 15 is 0 Å². The van der Waals surface area contributed by atoms with E-state index in [1.54, 1.807) is 0 Å². The Labute approximate surface area is 255 Å². The van der Waals surface area contributed by atoms with Crippen molar-refractivity contribution in [2.45, 2.75) is 51.8 Å². The molecular weight excluding hydrogens is 631 g/mol. The van der Waals surface area contributed by atoms with Gasteiger partial charge in [-0.05, 0) is 89.6 Å². The van der Waals surface area contributed by atoms with Crippen molar-refractivity contribution in [1.82, 2.24) is 0 Å². The molecule has 2 aliphatic rings. The van der Waals surface area contributed by atoms with Gasteiger partial charge in [0, 0.05) is 17.7 Å². The minimum Gasteiger partial charge on any atom is -0.488 e. The summed E-state index contributed by atoms with van der Waals surface area (Å²) in [5.74, 6) is -0.355. The maximum absolute atomic E-state index is 13.7. The fraction of sp³-hybridized carbons (Fsp3) is 0.250. The molecular formula is C32H26BrClF3N3O2. The number of nitrogens with two attached hydrogens (primary N) is 1. The summed E-state index contributed by atoms with van der Waals surface area (Å²) in [6.07, 6.45) is -3.50. The highest BCUT2D eigenvalue weighted by Crippen LogP contribution is 2.49. The van der Waals surface area contributed by atoms with E-state index in [-0.39, 0.29) is 40.9 Å². The van der Waals surface area contributed by atoms with E-state index in [1.165, 1.54) is 4.90 Å². The third-order valence-electron chi connectivity index (χ3n) is 7.66. The number of nitrogens with zero attached hydrogens (tertiary/aromatic N) is 2. The molecule has 2 N–H and O–H groups in total. The standard InChI is InChI=1S/C32H26BrClF3N3O2/c1-17-12-19(16-42-28-9-4-3-6-23(28)33)18(2)21(13-17)29-22(15-38)31(39)40(25-7-5-8-27(41)30(25)29)26-14-20(32(35,36)37)10-11-24(26)34/h3-4,6,9-14,29H,5,7-8,16,39H2,1-2H3. The van der Waals surface area contributed by atoms with Crippen LogP contribution in [0.5, 0.6) is 5.75 Å². The van der Waals surface area contributed by atoms with Gasteiger partial charge in [0.05, 0.1) is 38.3 Å². The van der Waals surface area contributed by atoms with E-state index in [9.17, 15) is 23.2 Å². The number of allylic oxidation sites excluding steroid dienone is 3. The van der Waals surface area contributed by atoms with Gasteiger partial charge in [-0.2, -0.15) is 18.4 Å². The van der Waals surface area contributed by atoms with Gasteiger partial charge in [-0.3, -0.25) is 9.69 Å². The third-order valence-corrected chi connectivity index (χ3v) is 8.63. The van der Waals surface area contributed by atoms with Crippen LogP contribution >= 0.6 is 27.5 Å². The number of hydrogen-bond donors (Lipinski definition) is 1. The van der Waals surface area contributed by atoms with Crippen molar-refractivity contribution < 1.29 is 22.7 Å². The number of Topliss-reactive ketones (excluding diaryl/α,β-unsaturated/α-hetero) is 1. The number of para-hydroxylation sites is 1. The molecule has 5 nitrogen and oxygen atoms in total. The fourth-order valence-electron chi connectivity index (χ4n) is 5.66. The first-order valence-electron chi connectivity index (χ1n) is 13.2. The van der Waals surface area contributed by atoms with Gasteiger partial charge in [-0.15, -0.1) is 0 Å². The van der Waals surface area contributed by atoms with Crippen LogP contribution in [0.4, 0.5) is 18.9 Å². The zero-order chi connectivity index (χ0) is 30.3. The van der Waals surface area contributed by atoms with Gasteiger partial charge in [-0.1, -0.05) is 41.4 Å². The maximum Gasteiger partial charge on any atom is 0.416 e. The van der Waals surface area contributed by atoms with Crippen LogP contribution in [0.25, 0.3) is 0 Å². The van der Waals surface area contributed by atoms with E-state index in [4.69, 9.17) is 22.1 Å². The van der Waals surface area contributed by atoms with Crippen molar-refractivity contribution in [3.8, 4) is 11.8 Å². The Morgan fingerprint density at radius 3 is 2.57 bits per heavy atom. The highest BCUT2D eigenvalue weighted by Gasteiger charge is 2.42. The molecule has 3 aromatic carbocycles. The minimum absolute atomic E-state index is 0.0183. The quantitative estimate of drug-likeness (QED) is 0.298. The largest absolute Gasteiger partial charge is 0.488 e. The lowest BCUT2D eigenvalue weighted by Gasteiger charge is -2.40. The zero-order valence-electron chi connectivity index (χ0n) is 22.8. The molecule has 42 heavy (non-hydrogen) atoms. The van der Waals surface area contributed by atoms with E-state index < -0.39 is 17.7 Å². The first-order valence-corrected chi connectivity index (χ1v) is 14.4. The molecule has 0 amide bonds. The van der Waals surface area contributed by atoms with Crippen LogP contribution in [-0.4, -0.2) is 5.78 Å². The second-order valence-corrected chi connectivity index (χ2v) is 11.6. The SMILES string of the molecule is Cc1cc(COc2ccccc2Br)c(C)c(C2C(C#N)=C(N)N(c3cc(C(F)(F)F)ccc3Cl)C3=C2C(=O)CCC3)c1. The van der Waals surface area contributed by atoms with Crippen LogP contribution in [-0.2, 0) is 17.6 Å². The smallest absolute Gasteiger partial charge is 0.416 e. The number of carbonyl (C=O) groups excluding carboxylic acids is 1. The van der Waals surface area contributed by atoms with Crippen LogP contribution in [0.1, 0.15) is 53.0 Å². The average Bonchev–Trinajstić information content (AvgIpc) is 2.93. The molecule has 1 aliphatic heterocycles. The molecule has 3 aromatic rings.